The minimum atomic E-state index is 0.230. The van der Waals surface area contributed by atoms with E-state index in [9.17, 15) is 4.79 Å². The van der Waals surface area contributed by atoms with Crippen molar-refractivity contribution in [2.45, 2.75) is 6.92 Å². The number of hydrogen-bond acceptors (Lipinski definition) is 3. The molecule has 2 rings (SSSR count). The number of fused-ring (bicyclic) bond motifs is 1. The highest BCUT2D eigenvalue weighted by molar-refractivity contribution is 9.10. The maximum atomic E-state index is 10.6. The first-order valence-electron chi connectivity index (χ1n) is 4.10. The molecule has 0 saturated carbocycles. The first kappa shape index (κ1) is 9.27. The second-order valence-electron chi connectivity index (χ2n) is 2.95. The Morgan fingerprint density at radius 1 is 1.36 bits per heavy atom. The third kappa shape index (κ3) is 1.53. The Kier molecular flexibility index (Phi) is 2.29. The van der Waals surface area contributed by atoms with E-state index in [0.717, 1.165) is 21.1 Å². The summed E-state index contributed by atoms with van der Waals surface area (Å²) in [7, 11) is 0. The van der Waals surface area contributed by atoms with Crippen molar-refractivity contribution in [1.29, 1.82) is 0 Å². The fourth-order valence-corrected chi connectivity index (χ4v) is 1.69. The lowest BCUT2D eigenvalue weighted by molar-refractivity contribution is 0.111. The summed E-state index contributed by atoms with van der Waals surface area (Å²) in [6.45, 7) is 1.87. The van der Waals surface area contributed by atoms with E-state index in [1.807, 2.05) is 25.1 Å². The largest absolute Gasteiger partial charge is 0.294 e. The third-order valence-corrected chi connectivity index (χ3v) is 2.47. The lowest BCUT2D eigenvalue weighted by atomic mass is 10.2. The Morgan fingerprint density at radius 3 is 2.86 bits per heavy atom. The van der Waals surface area contributed by atoms with Crippen LogP contribution in [0.25, 0.3) is 10.9 Å². The van der Waals surface area contributed by atoms with Crippen molar-refractivity contribution in [2.24, 2.45) is 0 Å². The van der Waals surface area contributed by atoms with Crippen LogP contribution in [-0.4, -0.2) is 16.3 Å². The first-order valence-corrected chi connectivity index (χ1v) is 4.89. The van der Waals surface area contributed by atoms with Crippen LogP contribution in [-0.2, 0) is 0 Å². The van der Waals surface area contributed by atoms with Crippen LogP contribution in [0.1, 0.15) is 16.3 Å². The van der Waals surface area contributed by atoms with Gasteiger partial charge in [0.25, 0.3) is 0 Å². The van der Waals surface area contributed by atoms with Crippen LogP contribution in [0.3, 0.4) is 0 Å². The van der Waals surface area contributed by atoms with E-state index < -0.39 is 0 Å². The van der Waals surface area contributed by atoms with Crippen LogP contribution < -0.4 is 0 Å². The van der Waals surface area contributed by atoms with Crippen LogP contribution >= 0.6 is 15.9 Å². The third-order valence-electron chi connectivity index (χ3n) is 1.97. The maximum Gasteiger partial charge on any atom is 0.193 e. The van der Waals surface area contributed by atoms with Gasteiger partial charge in [-0.25, -0.2) is 9.97 Å². The van der Waals surface area contributed by atoms with Gasteiger partial charge in [-0.3, -0.25) is 4.79 Å². The smallest absolute Gasteiger partial charge is 0.193 e. The monoisotopic (exact) mass is 250 g/mol. The molecule has 1 aromatic heterocycles. The minimum Gasteiger partial charge on any atom is -0.294 e. The number of aldehydes is 1. The average Bonchev–Trinajstić information content (AvgIpc) is 2.16. The van der Waals surface area contributed by atoms with E-state index in [2.05, 4.69) is 25.9 Å². The van der Waals surface area contributed by atoms with Gasteiger partial charge in [-0.15, -0.1) is 0 Å². The van der Waals surface area contributed by atoms with Gasteiger partial charge in [0.1, 0.15) is 0 Å². The second-order valence-corrected chi connectivity index (χ2v) is 3.86. The zero-order valence-electron chi connectivity index (χ0n) is 7.49. The molecule has 14 heavy (non-hydrogen) atoms. The summed E-state index contributed by atoms with van der Waals surface area (Å²) < 4.78 is 0.944. The molecule has 0 aliphatic heterocycles. The standard InChI is InChI=1S/C10H7BrN2O/c1-6-8-3-2-7(11)4-9(8)13-10(5-14)12-6/h2-5H,1H3. The summed E-state index contributed by atoms with van der Waals surface area (Å²) in [5.41, 5.74) is 1.61. The number of carbonyl (C=O) groups excluding carboxylic acids is 1. The highest BCUT2D eigenvalue weighted by Crippen LogP contribution is 2.19. The molecule has 4 heteroatoms. The number of aryl methyl sites for hydroxylation is 1. The van der Waals surface area contributed by atoms with E-state index >= 15 is 0 Å². The Labute approximate surface area is 89.3 Å². The predicted molar refractivity (Wildman–Crippen MR) is 57.4 cm³/mol. The summed E-state index contributed by atoms with van der Waals surface area (Å²) in [5, 5.41) is 0.971. The highest BCUT2D eigenvalue weighted by atomic mass is 79.9. The molecular formula is C10H7BrN2O. The molecule has 1 heterocycles. The molecule has 70 valence electrons. The zero-order valence-corrected chi connectivity index (χ0v) is 9.08. The summed E-state index contributed by atoms with van der Waals surface area (Å²) in [6, 6.07) is 5.74. The van der Waals surface area contributed by atoms with Crippen LogP contribution in [0.15, 0.2) is 22.7 Å². The second kappa shape index (κ2) is 3.46. The number of rotatable bonds is 1. The lowest BCUT2D eigenvalue weighted by Crippen LogP contribution is -1.96. The summed E-state index contributed by atoms with van der Waals surface area (Å²) in [6.07, 6.45) is 0.660. The molecule has 0 radical (unpaired) electrons. The summed E-state index contributed by atoms with van der Waals surface area (Å²) in [4.78, 5) is 18.7. The van der Waals surface area contributed by atoms with E-state index in [-0.39, 0.29) is 5.82 Å². The zero-order chi connectivity index (χ0) is 10.1. The van der Waals surface area contributed by atoms with Crippen molar-refractivity contribution >= 4 is 33.1 Å². The van der Waals surface area contributed by atoms with Gasteiger partial charge >= 0.3 is 0 Å². The van der Waals surface area contributed by atoms with Crippen LogP contribution in [0.4, 0.5) is 0 Å². The molecule has 3 nitrogen and oxygen atoms in total. The molecule has 0 fully saturated rings. The van der Waals surface area contributed by atoms with Crippen molar-refractivity contribution in [3.63, 3.8) is 0 Å². The van der Waals surface area contributed by atoms with Gasteiger partial charge in [0.05, 0.1) is 5.52 Å². The number of nitrogens with zero attached hydrogens (tertiary/aromatic N) is 2. The van der Waals surface area contributed by atoms with Crippen LogP contribution in [0.2, 0.25) is 0 Å². The van der Waals surface area contributed by atoms with Crippen molar-refractivity contribution in [2.75, 3.05) is 0 Å². The van der Waals surface area contributed by atoms with E-state index in [0.29, 0.717) is 6.29 Å². The van der Waals surface area contributed by atoms with Crippen molar-refractivity contribution in [1.82, 2.24) is 9.97 Å². The van der Waals surface area contributed by atoms with E-state index in [4.69, 9.17) is 0 Å². The molecule has 0 atom stereocenters. The van der Waals surface area contributed by atoms with Crippen LogP contribution in [0, 0.1) is 6.92 Å². The summed E-state index contributed by atoms with van der Waals surface area (Å²) in [5.74, 6) is 0.230. The van der Waals surface area contributed by atoms with Gasteiger partial charge in [0.2, 0.25) is 0 Å². The number of halogens is 1. The molecule has 0 N–H and O–H groups in total. The van der Waals surface area contributed by atoms with Gasteiger partial charge in [0, 0.05) is 15.6 Å². The van der Waals surface area contributed by atoms with Crippen molar-refractivity contribution in [3.05, 3.63) is 34.2 Å². The molecule has 0 unspecified atom stereocenters. The topological polar surface area (TPSA) is 42.9 Å². The van der Waals surface area contributed by atoms with Gasteiger partial charge in [-0.1, -0.05) is 15.9 Å². The van der Waals surface area contributed by atoms with E-state index in [1.165, 1.54) is 0 Å². The van der Waals surface area contributed by atoms with Gasteiger partial charge in [0.15, 0.2) is 12.1 Å². The molecule has 1 aromatic carbocycles. The Bertz CT molecular complexity index is 511. The average molecular weight is 251 g/mol. The highest BCUT2D eigenvalue weighted by Gasteiger charge is 2.03. The molecule has 0 amide bonds. The molecule has 0 spiro atoms. The molecular weight excluding hydrogens is 244 g/mol. The lowest BCUT2D eigenvalue weighted by Gasteiger charge is -2.01. The fraction of sp³-hybridized carbons (Fsp3) is 0.100. The number of benzene rings is 1. The molecule has 0 aliphatic rings. The van der Waals surface area contributed by atoms with Gasteiger partial charge in [-0.05, 0) is 25.1 Å². The molecule has 0 bridgehead atoms. The van der Waals surface area contributed by atoms with Gasteiger partial charge in [-0.2, -0.15) is 0 Å². The Balaban J connectivity index is 2.83. The molecule has 0 saturated heterocycles. The number of carbonyl (C=O) groups is 1. The Morgan fingerprint density at radius 2 is 2.14 bits per heavy atom. The van der Waals surface area contributed by atoms with Crippen LogP contribution in [0.5, 0.6) is 0 Å². The minimum absolute atomic E-state index is 0.230. The fourth-order valence-electron chi connectivity index (χ4n) is 1.34. The normalized spacial score (nSPS) is 10.4. The number of hydrogen-bond donors (Lipinski definition) is 0. The maximum absolute atomic E-state index is 10.6. The Hall–Kier alpha value is -1.29. The van der Waals surface area contributed by atoms with Gasteiger partial charge < -0.3 is 0 Å². The first-order chi connectivity index (χ1) is 6.70. The summed E-state index contributed by atoms with van der Waals surface area (Å²) >= 11 is 3.35. The van der Waals surface area contributed by atoms with Crippen molar-refractivity contribution in [3.8, 4) is 0 Å². The van der Waals surface area contributed by atoms with E-state index in [1.54, 1.807) is 0 Å². The molecule has 0 aliphatic carbocycles. The quantitative estimate of drug-likeness (QED) is 0.731. The van der Waals surface area contributed by atoms with Crippen molar-refractivity contribution < 1.29 is 4.79 Å². The molecule has 2 aromatic rings. The number of aromatic nitrogens is 2. The SMILES string of the molecule is Cc1nc(C=O)nc2cc(Br)ccc12. The predicted octanol–water partition coefficient (Wildman–Crippen LogP) is 2.51.